The van der Waals surface area contributed by atoms with E-state index in [1.807, 2.05) is 44.2 Å². The molecule has 1 unspecified atom stereocenters. The summed E-state index contributed by atoms with van der Waals surface area (Å²) < 4.78 is 45.8. The Balaban J connectivity index is 0.00000480. The monoisotopic (exact) mass is 564 g/mol. The van der Waals surface area contributed by atoms with Crippen molar-refractivity contribution >= 4 is 40.0 Å². The summed E-state index contributed by atoms with van der Waals surface area (Å²) in [5.74, 6) is 0.483. The molecule has 2 aromatic rings. The summed E-state index contributed by atoms with van der Waals surface area (Å²) in [5, 5.41) is 6.07. The molecule has 0 aliphatic carbocycles. The molecule has 0 aromatic heterocycles. The summed E-state index contributed by atoms with van der Waals surface area (Å²) in [5.41, 5.74) is 0.899. The average molecular weight is 564 g/mol. The van der Waals surface area contributed by atoms with Crippen molar-refractivity contribution in [3.8, 4) is 5.75 Å². The van der Waals surface area contributed by atoms with Crippen molar-refractivity contribution < 1.29 is 17.5 Å². The third-order valence-electron chi connectivity index (χ3n) is 3.99. The maximum Gasteiger partial charge on any atom is 0.213 e. The first kappa shape index (κ1) is 27.1. The lowest BCUT2D eigenvalue weighted by molar-refractivity contribution is 0.229. The van der Waals surface area contributed by atoms with Crippen LogP contribution in [0.3, 0.4) is 0 Å². The fourth-order valence-corrected chi connectivity index (χ4v) is 3.44. The molecule has 0 bridgehead atoms. The molecule has 172 valence electrons. The summed E-state index contributed by atoms with van der Waals surface area (Å²) in [6, 6.07) is 15.3. The molecular formula is C21H30FIN4O3S. The normalized spacial score (nSPS) is 12.5. The number of rotatable bonds is 11. The fraction of sp³-hybridized carbons (Fsp3) is 0.381. The van der Waals surface area contributed by atoms with Gasteiger partial charge in [-0.15, -0.1) is 24.0 Å². The second kappa shape index (κ2) is 14.2. The zero-order valence-corrected chi connectivity index (χ0v) is 20.8. The van der Waals surface area contributed by atoms with E-state index in [-0.39, 0.29) is 54.7 Å². The largest absolute Gasteiger partial charge is 0.489 e. The highest BCUT2D eigenvalue weighted by molar-refractivity contribution is 14.0. The Bertz CT molecular complexity index is 914. The van der Waals surface area contributed by atoms with Gasteiger partial charge in [-0.25, -0.2) is 22.5 Å². The lowest BCUT2D eigenvalue weighted by atomic mass is 10.2. The van der Waals surface area contributed by atoms with Gasteiger partial charge < -0.3 is 15.4 Å². The molecule has 0 saturated heterocycles. The SMILES string of the molecule is CCNC(=NCC(C)Oc1cccc(F)c1)NCCS(=O)(=O)NCc1ccccc1.I. The molecule has 0 saturated carbocycles. The van der Waals surface area contributed by atoms with Crippen LogP contribution >= 0.6 is 24.0 Å². The van der Waals surface area contributed by atoms with Crippen LogP contribution < -0.4 is 20.1 Å². The van der Waals surface area contributed by atoms with Crippen molar-refractivity contribution in [2.45, 2.75) is 26.5 Å². The molecule has 3 N–H and O–H groups in total. The summed E-state index contributed by atoms with van der Waals surface area (Å²) in [6.07, 6.45) is -0.279. The number of guanidine groups is 1. The molecule has 2 aromatic carbocycles. The Morgan fingerprint density at radius 2 is 1.87 bits per heavy atom. The van der Waals surface area contributed by atoms with Crippen LogP contribution in [0.4, 0.5) is 4.39 Å². The minimum atomic E-state index is -3.42. The Kier molecular flexibility index (Phi) is 12.4. The molecule has 2 rings (SSSR count). The summed E-state index contributed by atoms with van der Waals surface area (Å²) >= 11 is 0. The predicted octanol–water partition coefficient (Wildman–Crippen LogP) is 2.89. The molecule has 0 radical (unpaired) electrons. The Labute approximate surface area is 201 Å². The quantitative estimate of drug-likeness (QED) is 0.222. The van der Waals surface area contributed by atoms with E-state index in [0.717, 1.165) is 5.56 Å². The topological polar surface area (TPSA) is 91.8 Å². The third-order valence-corrected chi connectivity index (χ3v) is 5.31. The molecule has 0 spiro atoms. The molecule has 0 aliphatic heterocycles. The summed E-state index contributed by atoms with van der Waals surface area (Å²) in [4.78, 5) is 4.41. The number of hydrogen-bond donors (Lipinski definition) is 3. The van der Waals surface area contributed by atoms with Gasteiger partial charge in [0.05, 0.1) is 12.3 Å². The van der Waals surface area contributed by atoms with Gasteiger partial charge in [0.2, 0.25) is 10.0 Å². The van der Waals surface area contributed by atoms with E-state index in [4.69, 9.17) is 4.74 Å². The molecule has 0 aliphatic rings. The van der Waals surface area contributed by atoms with Gasteiger partial charge in [0.25, 0.3) is 0 Å². The number of aliphatic imine (C=N–C) groups is 1. The van der Waals surface area contributed by atoms with Crippen LogP contribution in [0.5, 0.6) is 5.75 Å². The molecule has 7 nitrogen and oxygen atoms in total. The summed E-state index contributed by atoms with van der Waals surface area (Å²) in [6.45, 7) is 5.16. The predicted molar refractivity (Wildman–Crippen MR) is 133 cm³/mol. The van der Waals surface area contributed by atoms with Crippen LogP contribution in [0, 0.1) is 5.82 Å². The maximum atomic E-state index is 13.2. The van der Waals surface area contributed by atoms with E-state index in [1.54, 1.807) is 12.1 Å². The van der Waals surface area contributed by atoms with Gasteiger partial charge >= 0.3 is 0 Å². The van der Waals surface area contributed by atoms with Crippen LogP contribution in [0.25, 0.3) is 0 Å². The molecule has 0 heterocycles. The van der Waals surface area contributed by atoms with Crippen molar-refractivity contribution in [2.75, 3.05) is 25.4 Å². The van der Waals surface area contributed by atoms with Crippen LogP contribution in [0.15, 0.2) is 59.6 Å². The van der Waals surface area contributed by atoms with Gasteiger partial charge in [-0.05, 0) is 31.5 Å². The third kappa shape index (κ3) is 11.3. The number of ether oxygens (including phenoxy) is 1. The first-order valence-electron chi connectivity index (χ1n) is 9.83. The molecule has 0 fully saturated rings. The lowest BCUT2D eigenvalue weighted by Gasteiger charge is -2.15. The van der Waals surface area contributed by atoms with Crippen LogP contribution in [0.2, 0.25) is 0 Å². The van der Waals surface area contributed by atoms with Gasteiger partial charge in [0.1, 0.15) is 17.7 Å². The minimum Gasteiger partial charge on any atom is -0.489 e. The van der Waals surface area contributed by atoms with Crippen molar-refractivity contribution in [2.24, 2.45) is 4.99 Å². The second-order valence-electron chi connectivity index (χ2n) is 6.66. The van der Waals surface area contributed by atoms with Crippen molar-refractivity contribution in [1.82, 2.24) is 15.4 Å². The van der Waals surface area contributed by atoms with E-state index in [9.17, 15) is 12.8 Å². The molecule has 31 heavy (non-hydrogen) atoms. The molecule has 10 heteroatoms. The first-order chi connectivity index (χ1) is 14.4. The van der Waals surface area contributed by atoms with Gasteiger partial charge in [-0.2, -0.15) is 0 Å². The highest BCUT2D eigenvalue weighted by Crippen LogP contribution is 2.13. The standard InChI is InChI=1S/C21H29FN4O3S.HI/c1-3-23-21(25-15-17(2)29-20-11-7-10-19(22)14-20)24-12-13-30(27,28)26-16-18-8-5-4-6-9-18;/h4-11,14,17,26H,3,12-13,15-16H2,1-2H3,(H2,23,24,25);1H. The van der Waals surface area contributed by atoms with Gasteiger partial charge in [-0.3, -0.25) is 0 Å². The van der Waals surface area contributed by atoms with E-state index in [2.05, 4.69) is 20.3 Å². The minimum absolute atomic E-state index is 0. The Morgan fingerprint density at radius 1 is 1.13 bits per heavy atom. The van der Waals surface area contributed by atoms with E-state index in [0.29, 0.717) is 24.8 Å². The fourth-order valence-electron chi connectivity index (χ4n) is 2.54. The first-order valence-corrected chi connectivity index (χ1v) is 11.5. The Morgan fingerprint density at radius 3 is 2.55 bits per heavy atom. The molecule has 0 amide bonds. The van der Waals surface area contributed by atoms with Crippen molar-refractivity contribution in [1.29, 1.82) is 0 Å². The van der Waals surface area contributed by atoms with Gasteiger partial charge in [-0.1, -0.05) is 36.4 Å². The average Bonchev–Trinajstić information content (AvgIpc) is 2.71. The number of hydrogen-bond acceptors (Lipinski definition) is 4. The number of benzene rings is 2. The highest BCUT2D eigenvalue weighted by Gasteiger charge is 2.11. The zero-order chi connectivity index (χ0) is 21.8. The van der Waals surface area contributed by atoms with E-state index in [1.165, 1.54) is 12.1 Å². The van der Waals surface area contributed by atoms with Crippen LogP contribution in [0.1, 0.15) is 19.4 Å². The zero-order valence-electron chi connectivity index (χ0n) is 17.7. The lowest BCUT2D eigenvalue weighted by Crippen LogP contribution is -2.41. The molecular weight excluding hydrogens is 534 g/mol. The van der Waals surface area contributed by atoms with Crippen LogP contribution in [-0.4, -0.2) is 45.9 Å². The second-order valence-corrected chi connectivity index (χ2v) is 8.58. The van der Waals surface area contributed by atoms with Gasteiger partial charge in [0, 0.05) is 25.7 Å². The van der Waals surface area contributed by atoms with E-state index >= 15 is 0 Å². The number of sulfonamides is 1. The molecule has 1 atom stereocenters. The van der Waals surface area contributed by atoms with Crippen molar-refractivity contribution in [3.63, 3.8) is 0 Å². The maximum absolute atomic E-state index is 13.2. The van der Waals surface area contributed by atoms with Crippen molar-refractivity contribution in [3.05, 3.63) is 66.0 Å². The smallest absolute Gasteiger partial charge is 0.213 e. The highest BCUT2D eigenvalue weighted by atomic mass is 127. The summed E-state index contributed by atoms with van der Waals surface area (Å²) in [7, 11) is -3.42. The van der Waals surface area contributed by atoms with Crippen LogP contribution in [-0.2, 0) is 16.6 Å². The number of nitrogens with zero attached hydrogens (tertiary/aromatic N) is 1. The Hall–Kier alpha value is -1.92. The number of nitrogens with one attached hydrogen (secondary N) is 3. The number of halogens is 2. The van der Waals surface area contributed by atoms with E-state index < -0.39 is 10.0 Å². The van der Waals surface area contributed by atoms with Gasteiger partial charge in [0.15, 0.2) is 5.96 Å².